The topological polar surface area (TPSA) is 104 Å². The monoisotopic (exact) mass is 214 g/mol. The Morgan fingerprint density at radius 1 is 1.19 bits per heavy atom. The predicted octanol–water partition coefficient (Wildman–Crippen LogP) is 1.80. The molecule has 0 unspecified atom stereocenters. The highest BCUT2D eigenvalue weighted by Gasteiger charge is 2.13. The van der Waals surface area contributed by atoms with Crippen LogP contribution >= 0.6 is 0 Å². The molecule has 0 aliphatic rings. The zero-order valence-electron chi connectivity index (χ0n) is 8.87. The van der Waals surface area contributed by atoms with Crippen LogP contribution in [-0.4, -0.2) is 12.5 Å². The van der Waals surface area contributed by atoms with Crippen molar-refractivity contribution in [2.45, 2.75) is 19.8 Å². The SMILES string of the molecule is CCCCOC(C(=C=N)C#N)=C(C#N)C#N. The second-order valence-corrected chi connectivity index (χ2v) is 2.74. The van der Waals surface area contributed by atoms with Crippen LogP contribution in [0.25, 0.3) is 0 Å². The Labute approximate surface area is 94.0 Å². The van der Waals surface area contributed by atoms with Crippen LogP contribution in [0, 0.1) is 39.4 Å². The number of unbranched alkanes of at least 4 members (excludes halogenated alkanes) is 1. The van der Waals surface area contributed by atoms with Gasteiger partial charge in [-0.25, -0.2) is 0 Å². The average molecular weight is 214 g/mol. The molecule has 0 fully saturated rings. The molecule has 16 heavy (non-hydrogen) atoms. The molecule has 0 bridgehead atoms. The molecule has 0 aromatic carbocycles. The van der Waals surface area contributed by atoms with Gasteiger partial charge in [-0.15, -0.1) is 0 Å². The summed E-state index contributed by atoms with van der Waals surface area (Å²) in [6.07, 6.45) is 1.63. The first-order chi connectivity index (χ1) is 7.74. The van der Waals surface area contributed by atoms with Crippen LogP contribution in [0.4, 0.5) is 0 Å². The Bertz CT molecular complexity index is 434. The van der Waals surface area contributed by atoms with Gasteiger partial charge in [-0.2, -0.15) is 15.8 Å². The first-order valence-corrected chi connectivity index (χ1v) is 4.62. The van der Waals surface area contributed by atoms with Crippen molar-refractivity contribution in [1.82, 2.24) is 0 Å². The highest BCUT2D eigenvalue weighted by molar-refractivity contribution is 5.69. The summed E-state index contributed by atoms with van der Waals surface area (Å²) in [7, 11) is 0. The van der Waals surface area contributed by atoms with E-state index in [4.69, 9.17) is 25.9 Å². The van der Waals surface area contributed by atoms with Crippen molar-refractivity contribution < 1.29 is 4.74 Å². The number of hydrogen-bond acceptors (Lipinski definition) is 5. The lowest BCUT2D eigenvalue weighted by atomic mass is 10.1. The maximum atomic E-state index is 8.69. The van der Waals surface area contributed by atoms with Gasteiger partial charge in [0.1, 0.15) is 18.2 Å². The summed E-state index contributed by atoms with van der Waals surface area (Å²) < 4.78 is 5.16. The van der Waals surface area contributed by atoms with E-state index < -0.39 is 0 Å². The van der Waals surface area contributed by atoms with E-state index in [0.717, 1.165) is 12.8 Å². The fraction of sp³-hybridized carbons (Fsp3) is 0.364. The van der Waals surface area contributed by atoms with Gasteiger partial charge in [0.2, 0.25) is 0 Å². The standard InChI is InChI=1S/C11H10N4O/c1-2-3-4-16-11(9(5-12)6-13)10(7-14)8-15/h12H,2-4H2,1H3. The summed E-state index contributed by atoms with van der Waals surface area (Å²) >= 11 is 0. The van der Waals surface area contributed by atoms with Gasteiger partial charge < -0.3 is 4.74 Å². The quantitative estimate of drug-likeness (QED) is 0.247. The summed E-state index contributed by atoms with van der Waals surface area (Å²) in [5.41, 5.74) is -0.554. The van der Waals surface area contributed by atoms with Crippen molar-refractivity contribution >= 4 is 5.87 Å². The number of nitrogens with zero attached hydrogens (tertiary/aromatic N) is 3. The molecule has 80 valence electrons. The number of allylic oxidation sites excluding steroid dienone is 2. The minimum atomic E-state index is -0.313. The summed E-state index contributed by atoms with van der Waals surface area (Å²) in [6.45, 7) is 2.26. The van der Waals surface area contributed by atoms with Crippen molar-refractivity contribution in [3.8, 4) is 18.2 Å². The minimum Gasteiger partial charge on any atom is -0.489 e. The number of nitrogens with one attached hydrogen (secondary N) is 1. The third kappa shape index (κ3) is 3.68. The molecule has 0 saturated carbocycles. The largest absolute Gasteiger partial charge is 0.489 e. The van der Waals surface area contributed by atoms with Crippen LogP contribution in [0.3, 0.4) is 0 Å². The fourth-order valence-corrected chi connectivity index (χ4v) is 0.850. The van der Waals surface area contributed by atoms with Crippen molar-refractivity contribution in [1.29, 1.82) is 21.2 Å². The molecule has 5 heteroatoms. The molecule has 1 N–H and O–H groups in total. The van der Waals surface area contributed by atoms with Crippen molar-refractivity contribution in [3.05, 3.63) is 16.9 Å². The molecule has 0 aliphatic carbocycles. The predicted molar refractivity (Wildman–Crippen MR) is 56.0 cm³/mol. The van der Waals surface area contributed by atoms with Crippen LogP contribution in [0.1, 0.15) is 19.8 Å². The van der Waals surface area contributed by atoms with Crippen molar-refractivity contribution in [2.24, 2.45) is 0 Å². The Morgan fingerprint density at radius 3 is 2.19 bits per heavy atom. The Kier molecular flexibility index (Phi) is 6.58. The van der Waals surface area contributed by atoms with Gasteiger partial charge in [-0.3, -0.25) is 5.41 Å². The summed E-state index contributed by atoms with van der Waals surface area (Å²) in [6, 6.07) is 4.91. The number of hydrogen-bond donors (Lipinski definition) is 1. The molecule has 0 spiro atoms. The van der Waals surface area contributed by atoms with Crippen LogP contribution in [0.5, 0.6) is 0 Å². The average Bonchev–Trinajstić information content (AvgIpc) is 2.31. The number of nitriles is 3. The maximum absolute atomic E-state index is 8.69. The number of rotatable bonds is 5. The lowest BCUT2D eigenvalue weighted by Crippen LogP contribution is -2.01. The highest BCUT2D eigenvalue weighted by Crippen LogP contribution is 2.14. The number of ether oxygens (including phenoxy) is 1. The zero-order chi connectivity index (χ0) is 12.4. The van der Waals surface area contributed by atoms with Crippen LogP contribution in [0.2, 0.25) is 0 Å². The lowest BCUT2D eigenvalue weighted by molar-refractivity contribution is 0.216. The third-order valence-electron chi connectivity index (χ3n) is 1.66. The van der Waals surface area contributed by atoms with Gasteiger partial charge >= 0.3 is 0 Å². The van der Waals surface area contributed by atoms with E-state index in [0.29, 0.717) is 6.61 Å². The van der Waals surface area contributed by atoms with Gasteiger partial charge in [0, 0.05) is 5.87 Å². The molecular formula is C11H10N4O. The Morgan fingerprint density at radius 2 is 1.81 bits per heavy atom. The van der Waals surface area contributed by atoms with E-state index in [9.17, 15) is 0 Å². The van der Waals surface area contributed by atoms with Crippen molar-refractivity contribution in [3.63, 3.8) is 0 Å². The van der Waals surface area contributed by atoms with E-state index in [1.807, 2.05) is 12.8 Å². The molecule has 0 amide bonds. The van der Waals surface area contributed by atoms with Gasteiger partial charge in [0.05, 0.1) is 6.61 Å². The Hall–Kier alpha value is -2.54. The molecule has 0 radical (unpaired) electrons. The summed E-state index contributed by atoms with van der Waals surface area (Å²) in [4.78, 5) is 0. The molecule has 0 heterocycles. The Balaban J connectivity index is 5.19. The second kappa shape index (κ2) is 7.83. The molecule has 5 nitrogen and oxygen atoms in total. The molecule has 0 saturated heterocycles. The maximum Gasteiger partial charge on any atom is 0.174 e. The van der Waals surface area contributed by atoms with Gasteiger partial charge in [-0.05, 0) is 6.42 Å². The summed E-state index contributed by atoms with van der Waals surface area (Å²) in [5, 5.41) is 32.9. The van der Waals surface area contributed by atoms with E-state index in [-0.39, 0.29) is 16.9 Å². The highest BCUT2D eigenvalue weighted by atomic mass is 16.5. The first kappa shape index (κ1) is 13.5. The smallest absolute Gasteiger partial charge is 0.174 e. The molecule has 0 rings (SSSR count). The third-order valence-corrected chi connectivity index (χ3v) is 1.66. The van der Waals surface area contributed by atoms with Gasteiger partial charge in [0.15, 0.2) is 16.9 Å². The molecule has 0 aliphatic heterocycles. The van der Waals surface area contributed by atoms with E-state index in [2.05, 4.69) is 0 Å². The van der Waals surface area contributed by atoms with Gasteiger partial charge in [0.25, 0.3) is 0 Å². The van der Waals surface area contributed by atoms with E-state index in [1.165, 1.54) is 0 Å². The van der Waals surface area contributed by atoms with Gasteiger partial charge in [-0.1, -0.05) is 13.3 Å². The zero-order valence-corrected chi connectivity index (χ0v) is 8.87. The van der Waals surface area contributed by atoms with E-state index in [1.54, 1.807) is 18.2 Å². The minimum absolute atomic E-state index is 0.157. The fourth-order valence-electron chi connectivity index (χ4n) is 0.850. The van der Waals surface area contributed by atoms with E-state index >= 15 is 0 Å². The van der Waals surface area contributed by atoms with Crippen molar-refractivity contribution in [2.75, 3.05) is 6.61 Å². The van der Waals surface area contributed by atoms with Crippen LogP contribution < -0.4 is 0 Å². The van der Waals surface area contributed by atoms with Crippen LogP contribution in [0.15, 0.2) is 16.9 Å². The first-order valence-electron chi connectivity index (χ1n) is 4.62. The second-order valence-electron chi connectivity index (χ2n) is 2.74. The molecular weight excluding hydrogens is 204 g/mol. The lowest BCUT2D eigenvalue weighted by Gasteiger charge is -2.06. The molecule has 0 aromatic heterocycles. The molecule has 0 atom stereocenters. The molecule has 0 aromatic rings. The summed E-state index contributed by atoms with van der Waals surface area (Å²) in [5.74, 6) is 1.69. The normalized spacial score (nSPS) is 7.62. The van der Waals surface area contributed by atoms with Crippen LogP contribution in [-0.2, 0) is 4.74 Å².